The summed E-state index contributed by atoms with van der Waals surface area (Å²) in [7, 11) is 0. The minimum Gasteiger partial charge on any atom is -0.465 e. The van der Waals surface area contributed by atoms with Crippen molar-refractivity contribution in [1.82, 2.24) is 0 Å². The molecule has 0 amide bonds. The molecule has 0 aromatic carbocycles. The number of hydrogen-bond donors (Lipinski definition) is 0. The van der Waals surface area contributed by atoms with Crippen LogP contribution >= 0.6 is 0 Å². The second kappa shape index (κ2) is 13.8. The molecule has 0 radical (unpaired) electrons. The minimum atomic E-state index is -0.497. The summed E-state index contributed by atoms with van der Waals surface area (Å²) in [6.45, 7) is 12.0. The maximum Gasteiger partial charge on any atom is 0.313 e. The lowest BCUT2D eigenvalue weighted by Crippen LogP contribution is -2.33. The second-order valence-corrected chi connectivity index (χ2v) is 9.90. The van der Waals surface area contributed by atoms with Gasteiger partial charge in [-0.2, -0.15) is 0 Å². The fourth-order valence-electron chi connectivity index (χ4n) is 4.11. The van der Waals surface area contributed by atoms with E-state index >= 15 is 0 Å². The maximum absolute atomic E-state index is 12.6. The van der Waals surface area contributed by atoms with Crippen molar-refractivity contribution in [2.45, 2.75) is 98.8 Å². The molecular weight excluding hydrogens is 364 g/mol. The fourth-order valence-corrected chi connectivity index (χ4v) is 4.11. The van der Waals surface area contributed by atoms with Crippen molar-refractivity contribution >= 4 is 11.9 Å². The summed E-state index contributed by atoms with van der Waals surface area (Å²) in [4.78, 5) is 25.1. The third-order valence-corrected chi connectivity index (χ3v) is 5.55. The molecule has 168 valence electrons. The van der Waals surface area contributed by atoms with E-state index in [0.29, 0.717) is 25.6 Å². The van der Waals surface area contributed by atoms with E-state index in [-0.39, 0.29) is 17.4 Å². The smallest absolute Gasteiger partial charge is 0.313 e. The van der Waals surface area contributed by atoms with Gasteiger partial charge in [-0.1, -0.05) is 78.9 Å². The average Bonchev–Trinajstić information content (AvgIpc) is 2.65. The zero-order chi connectivity index (χ0) is 21.7. The highest BCUT2D eigenvalue weighted by Crippen LogP contribution is 2.29. The zero-order valence-electron chi connectivity index (χ0n) is 19.5. The summed E-state index contributed by atoms with van der Waals surface area (Å²) < 4.78 is 11.0. The first-order chi connectivity index (χ1) is 13.7. The molecule has 4 heteroatoms. The van der Waals surface area contributed by atoms with Crippen LogP contribution in [0.25, 0.3) is 0 Å². The lowest BCUT2D eigenvalue weighted by atomic mass is 9.83. The van der Waals surface area contributed by atoms with Gasteiger partial charge in [0.05, 0.1) is 25.0 Å². The SMILES string of the molecule is CCCCCCCCOC(=O)C1C=CCCC1C(=O)OCCC(C)CC(C)(C)C. The van der Waals surface area contributed by atoms with Crippen molar-refractivity contribution in [2.24, 2.45) is 23.2 Å². The van der Waals surface area contributed by atoms with Gasteiger partial charge in [0.2, 0.25) is 0 Å². The highest BCUT2D eigenvalue weighted by molar-refractivity contribution is 5.83. The van der Waals surface area contributed by atoms with Gasteiger partial charge in [-0.3, -0.25) is 9.59 Å². The van der Waals surface area contributed by atoms with Crippen LogP contribution in [0.2, 0.25) is 0 Å². The predicted molar refractivity (Wildman–Crippen MR) is 119 cm³/mol. The van der Waals surface area contributed by atoms with Crippen LogP contribution in [0.1, 0.15) is 98.8 Å². The predicted octanol–water partition coefficient (Wildman–Crippen LogP) is 6.48. The van der Waals surface area contributed by atoms with E-state index in [0.717, 1.165) is 32.1 Å². The van der Waals surface area contributed by atoms with Gasteiger partial charge in [-0.25, -0.2) is 0 Å². The summed E-state index contributed by atoms with van der Waals surface area (Å²) in [6, 6.07) is 0. The molecule has 3 unspecified atom stereocenters. The van der Waals surface area contributed by atoms with E-state index < -0.39 is 11.8 Å². The number of rotatable bonds is 13. The third kappa shape index (κ3) is 11.4. The average molecular weight is 409 g/mol. The molecular formula is C25H44O4. The van der Waals surface area contributed by atoms with Crippen molar-refractivity contribution in [3.05, 3.63) is 12.2 Å². The molecule has 0 aliphatic heterocycles. The number of unbranched alkanes of at least 4 members (excludes halogenated alkanes) is 5. The first kappa shape index (κ1) is 25.7. The van der Waals surface area contributed by atoms with Gasteiger partial charge in [-0.15, -0.1) is 0 Å². The van der Waals surface area contributed by atoms with Gasteiger partial charge in [0.15, 0.2) is 0 Å². The van der Waals surface area contributed by atoms with Gasteiger partial charge >= 0.3 is 11.9 Å². The van der Waals surface area contributed by atoms with Gasteiger partial charge in [-0.05, 0) is 43.4 Å². The van der Waals surface area contributed by atoms with E-state index in [4.69, 9.17) is 9.47 Å². The van der Waals surface area contributed by atoms with Gasteiger partial charge in [0.25, 0.3) is 0 Å². The van der Waals surface area contributed by atoms with Crippen LogP contribution < -0.4 is 0 Å². The van der Waals surface area contributed by atoms with E-state index in [9.17, 15) is 9.59 Å². The standard InChI is InChI=1S/C25H44O4/c1-6-7-8-9-10-13-17-28-23(26)21-14-11-12-15-22(21)24(27)29-18-16-20(2)19-25(3,4)5/h11,14,20-22H,6-10,12-13,15-19H2,1-5H3. The Kier molecular flexibility index (Phi) is 12.3. The molecule has 0 fully saturated rings. The lowest BCUT2D eigenvalue weighted by molar-refractivity contribution is -0.159. The minimum absolute atomic E-state index is 0.251. The molecule has 1 rings (SSSR count). The van der Waals surface area contributed by atoms with Crippen molar-refractivity contribution in [2.75, 3.05) is 13.2 Å². The molecule has 0 aromatic rings. The molecule has 0 saturated heterocycles. The Labute approximate surface area is 178 Å². The number of carbonyl (C=O) groups excluding carboxylic acids is 2. The maximum atomic E-state index is 12.6. The van der Waals surface area contributed by atoms with Gasteiger partial charge < -0.3 is 9.47 Å². The molecule has 3 atom stereocenters. The topological polar surface area (TPSA) is 52.6 Å². The van der Waals surface area contributed by atoms with Crippen molar-refractivity contribution in [3.8, 4) is 0 Å². The Bertz CT molecular complexity index is 503. The van der Waals surface area contributed by atoms with Gasteiger partial charge in [0, 0.05) is 0 Å². The third-order valence-electron chi connectivity index (χ3n) is 5.55. The quantitative estimate of drug-likeness (QED) is 0.199. The number of esters is 2. The Morgan fingerprint density at radius 3 is 2.34 bits per heavy atom. The first-order valence-corrected chi connectivity index (χ1v) is 11.7. The molecule has 4 nitrogen and oxygen atoms in total. The van der Waals surface area contributed by atoms with Gasteiger partial charge in [0.1, 0.15) is 0 Å². The molecule has 0 aromatic heterocycles. The van der Waals surface area contributed by atoms with Crippen molar-refractivity contribution < 1.29 is 19.1 Å². The number of ether oxygens (including phenoxy) is 2. The van der Waals surface area contributed by atoms with Crippen LogP contribution in [0.15, 0.2) is 12.2 Å². The molecule has 0 N–H and O–H groups in total. The monoisotopic (exact) mass is 408 g/mol. The van der Waals surface area contributed by atoms with Crippen LogP contribution in [0, 0.1) is 23.2 Å². The summed E-state index contributed by atoms with van der Waals surface area (Å²) in [5.74, 6) is -0.929. The van der Waals surface area contributed by atoms with E-state index in [1.54, 1.807) is 0 Å². The lowest BCUT2D eigenvalue weighted by Gasteiger charge is -2.26. The second-order valence-electron chi connectivity index (χ2n) is 9.90. The molecule has 0 spiro atoms. The number of carbonyl (C=O) groups is 2. The number of hydrogen-bond acceptors (Lipinski definition) is 4. The Hall–Kier alpha value is -1.32. The molecule has 0 heterocycles. The zero-order valence-corrected chi connectivity index (χ0v) is 19.5. The number of allylic oxidation sites excluding steroid dienone is 1. The molecule has 0 saturated carbocycles. The highest BCUT2D eigenvalue weighted by Gasteiger charge is 2.35. The molecule has 1 aliphatic carbocycles. The Morgan fingerprint density at radius 1 is 1.00 bits per heavy atom. The van der Waals surface area contributed by atoms with Crippen LogP contribution in [0.5, 0.6) is 0 Å². The van der Waals surface area contributed by atoms with Crippen molar-refractivity contribution in [3.63, 3.8) is 0 Å². The van der Waals surface area contributed by atoms with Crippen LogP contribution in [-0.4, -0.2) is 25.2 Å². The summed E-state index contributed by atoms with van der Waals surface area (Å²) >= 11 is 0. The highest BCUT2D eigenvalue weighted by atomic mass is 16.5. The largest absolute Gasteiger partial charge is 0.465 e. The van der Waals surface area contributed by atoms with Crippen LogP contribution in [0.4, 0.5) is 0 Å². The Morgan fingerprint density at radius 2 is 1.66 bits per heavy atom. The normalized spacial score (nSPS) is 20.3. The van der Waals surface area contributed by atoms with E-state index in [2.05, 4.69) is 34.6 Å². The first-order valence-electron chi connectivity index (χ1n) is 11.7. The Balaban J connectivity index is 2.36. The van der Waals surface area contributed by atoms with Crippen LogP contribution in [-0.2, 0) is 19.1 Å². The summed E-state index contributed by atoms with van der Waals surface area (Å²) in [6.07, 6.45) is 14.2. The van der Waals surface area contributed by atoms with E-state index in [1.807, 2.05) is 12.2 Å². The van der Waals surface area contributed by atoms with Crippen LogP contribution in [0.3, 0.4) is 0 Å². The molecule has 29 heavy (non-hydrogen) atoms. The summed E-state index contributed by atoms with van der Waals surface area (Å²) in [5.41, 5.74) is 0.280. The fraction of sp³-hybridized carbons (Fsp3) is 0.840. The summed E-state index contributed by atoms with van der Waals surface area (Å²) in [5, 5.41) is 0. The molecule has 0 bridgehead atoms. The van der Waals surface area contributed by atoms with Crippen molar-refractivity contribution in [1.29, 1.82) is 0 Å². The molecule has 1 aliphatic rings. The van der Waals surface area contributed by atoms with E-state index in [1.165, 1.54) is 25.7 Å².